The van der Waals surface area contributed by atoms with E-state index in [1.165, 1.54) is 13.2 Å². The van der Waals surface area contributed by atoms with Crippen molar-refractivity contribution >= 4 is 23.7 Å². The van der Waals surface area contributed by atoms with E-state index in [2.05, 4.69) is 0 Å². The second kappa shape index (κ2) is 6.00. The molecular weight excluding hydrogens is 261 g/mol. The summed E-state index contributed by atoms with van der Waals surface area (Å²) < 4.78 is 18.3. The lowest BCUT2D eigenvalue weighted by Gasteiger charge is -2.11. The van der Waals surface area contributed by atoms with Crippen molar-refractivity contribution in [2.24, 2.45) is 5.73 Å². The maximum atomic E-state index is 13.5. The van der Waals surface area contributed by atoms with Crippen molar-refractivity contribution in [3.8, 4) is 5.75 Å². The average Bonchev–Trinajstić information content (AvgIpc) is 2.81. The van der Waals surface area contributed by atoms with Gasteiger partial charge >= 0.3 is 0 Å². The van der Waals surface area contributed by atoms with Crippen LogP contribution < -0.4 is 10.5 Å². The van der Waals surface area contributed by atoms with Crippen LogP contribution in [0.2, 0.25) is 0 Å². The number of halogens is 2. The average molecular weight is 274 g/mol. The molecule has 0 aliphatic carbocycles. The van der Waals surface area contributed by atoms with Crippen molar-refractivity contribution in [2.45, 2.75) is 6.04 Å². The van der Waals surface area contributed by atoms with Crippen molar-refractivity contribution < 1.29 is 9.13 Å². The van der Waals surface area contributed by atoms with E-state index in [0.29, 0.717) is 0 Å². The molecule has 2 rings (SSSR count). The number of rotatable bonds is 3. The Hall–Kier alpha value is -1.10. The summed E-state index contributed by atoms with van der Waals surface area (Å²) in [5, 5.41) is 3.92. The number of hydrogen-bond acceptors (Lipinski definition) is 3. The first kappa shape index (κ1) is 14.0. The molecule has 5 heteroatoms. The van der Waals surface area contributed by atoms with Crippen molar-refractivity contribution in [3.05, 3.63) is 52.0 Å². The molecular formula is C12H13ClFNOS. The molecule has 1 aromatic heterocycles. The van der Waals surface area contributed by atoms with Crippen molar-refractivity contribution in [2.75, 3.05) is 7.11 Å². The molecule has 0 radical (unpaired) electrons. The predicted octanol–water partition coefficient (Wildman–Crippen LogP) is 3.37. The van der Waals surface area contributed by atoms with Gasteiger partial charge in [-0.15, -0.1) is 12.4 Å². The zero-order valence-electron chi connectivity index (χ0n) is 9.22. The highest BCUT2D eigenvalue weighted by molar-refractivity contribution is 7.08. The first-order valence-electron chi connectivity index (χ1n) is 4.83. The van der Waals surface area contributed by atoms with Gasteiger partial charge in [0.15, 0.2) is 11.6 Å². The Labute approximate surface area is 110 Å². The first-order chi connectivity index (χ1) is 7.72. The van der Waals surface area contributed by atoms with Gasteiger partial charge in [0.05, 0.1) is 13.2 Å². The summed E-state index contributed by atoms with van der Waals surface area (Å²) in [6.45, 7) is 0. The maximum absolute atomic E-state index is 13.5. The molecule has 0 bridgehead atoms. The minimum absolute atomic E-state index is 0. The van der Waals surface area contributed by atoms with E-state index in [9.17, 15) is 4.39 Å². The Morgan fingerprint density at radius 1 is 1.29 bits per heavy atom. The fourth-order valence-electron chi connectivity index (χ4n) is 1.52. The van der Waals surface area contributed by atoms with E-state index in [4.69, 9.17) is 10.5 Å². The van der Waals surface area contributed by atoms with Crippen LogP contribution in [0.25, 0.3) is 0 Å². The van der Waals surface area contributed by atoms with Crippen LogP contribution in [0, 0.1) is 5.82 Å². The summed E-state index contributed by atoms with van der Waals surface area (Å²) in [7, 11) is 1.44. The molecule has 1 aromatic carbocycles. The minimum Gasteiger partial charge on any atom is -0.494 e. The normalized spacial score (nSPS) is 11.7. The zero-order chi connectivity index (χ0) is 11.5. The molecule has 1 heterocycles. The summed E-state index contributed by atoms with van der Waals surface area (Å²) >= 11 is 1.58. The third-order valence-corrected chi connectivity index (χ3v) is 3.14. The fraction of sp³-hybridized carbons (Fsp3) is 0.167. The molecule has 2 aromatic rings. The molecule has 0 saturated heterocycles. The second-order valence-electron chi connectivity index (χ2n) is 3.43. The number of hydrogen-bond donors (Lipinski definition) is 1. The van der Waals surface area contributed by atoms with Crippen LogP contribution in [0.4, 0.5) is 4.39 Å². The lowest BCUT2D eigenvalue weighted by molar-refractivity contribution is 0.386. The van der Waals surface area contributed by atoms with Gasteiger partial charge in [-0.05, 0) is 40.1 Å². The predicted molar refractivity (Wildman–Crippen MR) is 70.5 cm³/mol. The smallest absolute Gasteiger partial charge is 0.165 e. The highest BCUT2D eigenvalue weighted by Gasteiger charge is 2.12. The van der Waals surface area contributed by atoms with Crippen LogP contribution in [-0.4, -0.2) is 7.11 Å². The second-order valence-corrected chi connectivity index (χ2v) is 4.21. The number of nitrogens with two attached hydrogens (primary N) is 1. The number of benzene rings is 1. The van der Waals surface area contributed by atoms with E-state index in [-0.39, 0.29) is 30.0 Å². The number of ether oxygens (including phenoxy) is 1. The monoisotopic (exact) mass is 273 g/mol. The molecule has 1 atom stereocenters. The third kappa shape index (κ3) is 2.97. The van der Waals surface area contributed by atoms with Crippen LogP contribution in [0.15, 0.2) is 35.0 Å². The molecule has 2 N–H and O–H groups in total. The van der Waals surface area contributed by atoms with Gasteiger partial charge in [0.1, 0.15) is 0 Å². The van der Waals surface area contributed by atoms with Crippen molar-refractivity contribution in [1.29, 1.82) is 0 Å². The van der Waals surface area contributed by atoms with Gasteiger partial charge in [-0.25, -0.2) is 4.39 Å². The highest BCUT2D eigenvalue weighted by atomic mass is 35.5. The standard InChI is InChI=1S/C12H12FNOS.ClH/c1-15-11-3-2-8(6-10(11)13)12(14)9-4-5-16-7-9;/h2-7,12H,14H2,1H3;1H/t12-;/m0./s1. The SMILES string of the molecule is COc1ccc([C@H](N)c2ccsc2)cc1F.Cl. The van der Waals surface area contributed by atoms with Crippen LogP contribution in [0.5, 0.6) is 5.75 Å². The quantitative estimate of drug-likeness (QED) is 0.931. The Kier molecular flexibility index (Phi) is 4.93. The van der Waals surface area contributed by atoms with E-state index in [0.717, 1.165) is 11.1 Å². The number of methoxy groups -OCH3 is 1. The third-order valence-electron chi connectivity index (χ3n) is 2.44. The van der Waals surface area contributed by atoms with Crippen LogP contribution in [0.1, 0.15) is 17.2 Å². The molecule has 0 aliphatic heterocycles. The van der Waals surface area contributed by atoms with Gasteiger partial charge in [0, 0.05) is 0 Å². The fourth-order valence-corrected chi connectivity index (χ4v) is 2.22. The van der Waals surface area contributed by atoms with Crippen LogP contribution in [-0.2, 0) is 0 Å². The Bertz CT molecular complexity index is 475. The highest BCUT2D eigenvalue weighted by Crippen LogP contribution is 2.25. The summed E-state index contributed by atoms with van der Waals surface area (Å²) in [5.74, 6) is -0.146. The summed E-state index contributed by atoms with van der Waals surface area (Å²) in [4.78, 5) is 0. The van der Waals surface area contributed by atoms with E-state index in [1.807, 2.05) is 16.8 Å². The van der Waals surface area contributed by atoms with E-state index < -0.39 is 0 Å². The largest absolute Gasteiger partial charge is 0.494 e. The first-order valence-corrected chi connectivity index (χ1v) is 5.77. The summed E-state index contributed by atoms with van der Waals surface area (Å²) in [6, 6.07) is 6.45. The Balaban J connectivity index is 0.00000144. The topological polar surface area (TPSA) is 35.2 Å². The summed E-state index contributed by atoms with van der Waals surface area (Å²) in [6.07, 6.45) is 0. The lowest BCUT2D eigenvalue weighted by atomic mass is 10.0. The van der Waals surface area contributed by atoms with E-state index >= 15 is 0 Å². The van der Waals surface area contributed by atoms with Crippen LogP contribution in [0.3, 0.4) is 0 Å². The van der Waals surface area contributed by atoms with Gasteiger partial charge in [0.2, 0.25) is 0 Å². The lowest BCUT2D eigenvalue weighted by Crippen LogP contribution is -2.11. The van der Waals surface area contributed by atoms with Gasteiger partial charge in [-0.3, -0.25) is 0 Å². The van der Waals surface area contributed by atoms with Crippen LogP contribution >= 0.6 is 23.7 Å². The molecule has 17 heavy (non-hydrogen) atoms. The molecule has 0 fully saturated rings. The van der Waals surface area contributed by atoms with Gasteiger partial charge in [0.25, 0.3) is 0 Å². The Morgan fingerprint density at radius 2 is 2.06 bits per heavy atom. The molecule has 0 unspecified atom stereocenters. The van der Waals surface area contributed by atoms with Gasteiger partial charge in [-0.2, -0.15) is 11.3 Å². The molecule has 2 nitrogen and oxygen atoms in total. The molecule has 0 saturated carbocycles. The molecule has 0 amide bonds. The number of thiophene rings is 1. The summed E-state index contributed by atoms with van der Waals surface area (Å²) in [5.41, 5.74) is 7.76. The molecule has 0 spiro atoms. The Morgan fingerprint density at radius 3 is 2.59 bits per heavy atom. The molecule has 92 valence electrons. The van der Waals surface area contributed by atoms with Crippen molar-refractivity contribution in [3.63, 3.8) is 0 Å². The van der Waals surface area contributed by atoms with E-state index in [1.54, 1.807) is 23.5 Å². The molecule has 0 aliphatic rings. The minimum atomic E-state index is -0.384. The maximum Gasteiger partial charge on any atom is 0.165 e. The van der Waals surface area contributed by atoms with Gasteiger partial charge in [-0.1, -0.05) is 6.07 Å². The van der Waals surface area contributed by atoms with Crippen molar-refractivity contribution in [1.82, 2.24) is 0 Å². The van der Waals surface area contributed by atoms with Gasteiger partial charge < -0.3 is 10.5 Å². The zero-order valence-corrected chi connectivity index (χ0v) is 10.9.